The van der Waals surface area contributed by atoms with E-state index in [0.717, 1.165) is 21.8 Å². The number of ether oxygens (including phenoxy) is 2. The molecule has 0 aliphatic carbocycles. The van der Waals surface area contributed by atoms with Crippen LogP contribution in [0.25, 0.3) is 0 Å². The predicted octanol–water partition coefficient (Wildman–Crippen LogP) is 4.58. The number of nitrogens with one attached hydrogen (secondary N) is 1. The SMILES string of the molecule is CCOc1cccc([C@@H](C)CC(=O)Nc2sc3c(c2C#N)CCN(C(=O)OCc2nccn2C)C3)c1. The Morgan fingerprint density at radius 2 is 2.19 bits per heavy atom. The fourth-order valence-electron chi connectivity index (χ4n) is 4.17. The Labute approximate surface area is 214 Å². The van der Waals surface area contributed by atoms with E-state index in [1.54, 1.807) is 21.9 Å². The number of amides is 2. The number of aromatic nitrogens is 2. The summed E-state index contributed by atoms with van der Waals surface area (Å²) in [5.74, 6) is 1.26. The van der Waals surface area contributed by atoms with Gasteiger partial charge in [0.25, 0.3) is 0 Å². The number of anilines is 1. The largest absolute Gasteiger partial charge is 0.494 e. The molecule has 0 spiro atoms. The van der Waals surface area contributed by atoms with Gasteiger partial charge in [0.2, 0.25) is 5.91 Å². The van der Waals surface area contributed by atoms with Crippen molar-refractivity contribution in [3.05, 3.63) is 64.1 Å². The highest BCUT2D eigenvalue weighted by atomic mass is 32.1. The monoisotopic (exact) mass is 507 g/mol. The van der Waals surface area contributed by atoms with Gasteiger partial charge in [0.1, 0.15) is 22.6 Å². The van der Waals surface area contributed by atoms with Crippen LogP contribution in [0, 0.1) is 11.3 Å². The first-order valence-corrected chi connectivity index (χ1v) is 12.7. The molecule has 1 aliphatic heterocycles. The maximum absolute atomic E-state index is 12.8. The predicted molar refractivity (Wildman–Crippen MR) is 136 cm³/mol. The zero-order valence-corrected chi connectivity index (χ0v) is 21.4. The Balaban J connectivity index is 1.38. The molecule has 2 aromatic heterocycles. The standard InChI is InChI=1S/C26H29N5O4S/c1-4-34-19-7-5-6-18(13-19)17(2)12-24(32)29-25-21(14-27)20-8-10-31(15-22(20)36-25)26(33)35-16-23-28-9-11-30(23)3/h5-7,9,11,13,17H,4,8,10,12,15-16H2,1-3H3,(H,29,32)/t17-/m0/s1. The number of imidazole rings is 1. The Morgan fingerprint density at radius 1 is 1.36 bits per heavy atom. The summed E-state index contributed by atoms with van der Waals surface area (Å²) in [6.45, 7) is 5.37. The number of hydrogen-bond acceptors (Lipinski definition) is 7. The topological polar surface area (TPSA) is 109 Å². The quantitative estimate of drug-likeness (QED) is 0.478. The first kappa shape index (κ1) is 25.3. The number of nitrogens with zero attached hydrogens (tertiary/aromatic N) is 4. The lowest BCUT2D eigenvalue weighted by Gasteiger charge is -2.26. The summed E-state index contributed by atoms with van der Waals surface area (Å²) >= 11 is 1.35. The first-order valence-electron chi connectivity index (χ1n) is 11.8. The second-order valence-electron chi connectivity index (χ2n) is 8.66. The van der Waals surface area contributed by atoms with E-state index in [4.69, 9.17) is 9.47 Å². The van der Waals surface area contributed by atoms with Crippen LogP contribution in [0.1, 0.15) is 53.6 Å². The van der Waals surface area contributed by atoms with Gasteiger partial charge in [-0.3, -0.25) is 4.79 Å². The molecule has 0 saturated carbocycles. The molecule has 3 heterocycles. The van der Waals surface area contributed by atoms with Crippen LogP contribution in [0.15, 0.2) is 36.7 Å². The third-order valence-electron chi connectivity index (χ3n) is 6.16. The van der Waals surface area contributed by atoms with E-state index >= 15 is 0 Å². The van der Waals surface area contributed by atoms with Crippen molar-refractivity contribution in [1.29, 1.82) is 5.26 Å². The number of aryl methyl sites for hydroxylation is 1. The zero-order valence-electron chi connectivity index (χ0n) is 20.6. The summed E-state index contributed by atoms with van der Waals surface area (Å²) in [5.41, 5.74) is 2.39. The lowest BCUT2D eigenvalue weighted by molar-refractivity contribution is -0.116. The molecule has 3 aromatic rings. The van der Waals surface area contributed by atoms with Crippen molar-refractivity contribution in [1.82, 2.24) is 14.5 Å². The van der Waals surface area contributed by atoms with Gasteiger partial charge in [0.15, 0.2) is 6.61 Å². The Morgan fingerprint density at radius 3 is 2.92 bits per heavy atom. The minimum Gasteiger partial charge on any atom is -0.494 e. The van der Waals surface area contributed by atoms with Crippen molar-refractivity contribution >= 4 is 28.3 Å². The minimum atomic E-state index is -0.427. The van der Waals surface area contributed by atoms with Crippen molar-refractivity contribution in [2.75, 3.05) is 18.5 Å². The third-order valence-corrected chi connectivity index (χ3v) is 7.29. The summed E-state index contributed by atoms with van der Waals surface area (Å²) in [6, 6.07) is 9.99. The minimum absolute atomic E-state index is 0.0190. The van der Waals surface area contributed by atoms with Crippen molar-refractivity contribution in [2.45, 2.75) is 45.8 Å². The molecule has 2 amide bonds. The van der Waals surface area contributed by atoms with E-state index in [9.17, 15) is 14.9 Å². The molecule has 0 unspecified atom stereocenters. The fourth-order valence-corrected chi connectivity index (χ4v) is 5.40. The average Bonchev–Trinajstić information content (AvgIpc) is 3.44. The van der Waals surface area contributed by atoms with Crippen LogP contribution in [-0.4, -0.2) is 39.6 Å². The van der Waals surface area contributed by atoms with Gasteiger partial charge in [-0.05, 0) is 42.5 Å². The maximum atomic E-state index is 12.8. The van der Waals surface area contributed by atoms with Gasteiger partial charge in [-0.15, -0.1) is 11.3 Å². The molecular formula is C26H29N5O4S. The van der Waals surface area contributed by atoms with Crippen LogP contribution in [0.4, 0.5) is 9.80 Å². The molecule has 9 nitrogen and oxygen atoms in total. The van der Waals surface area contributed by atoms with Crippen LogP contribution in [0.3, 0.4) is 0 Å². The van der Waals surface area contributed by atoms with Gasteiger partial charge < -0.3 is 24.3 Å². The van der Waals surface area contributed by atoms with Gasteiger partial charge >= 0.3 is 6.09 Å². The molecule has 0 bridgehead atoms. The Hall–Kier alpha value is -3.84. The van der Waals surface area contributed by atoms with E-state index in [-0.39, 0.29) is 24.9 Å². The van der Waals surface area contributed by atoms with Crippen LogP contribution in [-0.2, 0) is 36.2 Å². The lowest BCUT2D eigenvalue weighted by atomic mass is 9.97. The maximum Gasteiger partial charge on any atom is 0.410 e. The van der Waals surface area contributed by atoms with Crippen LogP contribution in [0.5, 0.6) is 5.75 Å². The average molecular weight is 508 g/mol. The summed E-state index contributed by atoms with van der Waals surface area (Å²) in [4.78, 5) is 32.1. The molecule has 36 heavy (non-hydrogen) atoms. The fraction of sp³-hybridized carbons (Fsp3) is 0.385. The number of benzene rings is 1. The molecule has 10 heteroatoms. The van der Waals surface area contributed by atoms with Crippen molar-refractivity contribution < 1.29 is 19.1 Å². The molecule has 1 N–H and O–H groups in total. The second-order valence-corrected chi connectivity index (χ2v) is 9.76. The second kappa shape index (κ2) is 11.3. The van der Waals surface area contributed by atoms with Gasteiger partial charge in [0.05, 0.1) is 18.7 Å². The molecule has 4 rings (SSSR count). The molecule has 0 fully saturated rings. The van der Waals surface area contributed by atoms with E-state index < -0.39 is 6.09 Å². The number of nitriles is 1. The molecular weight excluding hydrogens is 478 g/mol. The number of fused-ring (bicyclic) bond motifs is 1. The van der Waals surface area contributed by atoms with E-state index in [1.165, 1.54) is 11.3 Å². The first-order chi connectivity index (χ1) is 17.4. The lowest BCUT2D eigenvalue weighted by Crippen LogP contribution is -2.36. The molecule has 0 saturated heterocycles. The number of thiophene rings is 1. The van der Waals surface area contributed by atoms with Gasteiger partial charge in [-0.25, -0.2) is 9.78 Å². The molecule has 1 atom stereocenters. The normalized spacial score (nSPS) is 13.4. The van der Waals surface area contributed by atoms with E-state index in [0.29, 0.717) is 42.5 Å². The van der Waals surface area contributed by atoms with Crippen molar-refractivity contribution in [3.63, 3.8) is 0 Å². The molecule has 188 valence electrons. The summed E-state index contributed by atoms with van der Waals surface area (Å²) in [5, 5.41) is 13.3. The zero-order chi connectivity index (χ0) is 25.7. The summed E-state index contributed by atoms with van der Waals surface area (Å²) in [7, 11) is 1.84. The molecule has 1 aromatic carbocycles. The highest BCUT2D eigenvalue weighted by Crippen LogP contribution is 2.37. The molecule has 0 radical (unpaired) electrons. The Kier molecular flexibility index (Phi) is 7.90. The smallest absolute Gasteiger partial charge is 0.410 e. The number of rotatable bonds is 8. The highest BCUT2D eigenvalue weighted by molar-refractivity contribution is 7.16. The Bertz CT molecular complexity index is 1290. The third kappa shape index (κ3) is 5.69. The number of carbonyl (C=O) groups excluding carboxylic acids is 2. The van der Waals surface area contributed by atoms with Crippen LogP contribution < -0.4 is 10.1 Å². The van der Waals surface area contributed by atoms with Gasteiger partial charge in [0, 0.05) is 37.3 Å². The van der Waals surface area contributed by atoms with E-state index in [1.807, 2.05) is 45.2 Å². The molecule has 1 aliphatic rings. The van der Waals surface area contributed by atoms with E-state index in [2.05, 4.69) is 16.4 Å². The van der Waals surface area contributed by atoms with Gasteiger partial charge in [-0.1, -0.05) is 19.1 Å². The highest BCUT2D eigenvalue weighted by Gasteiger charge is 2.28. The summed E-state index contributed by atoms with van der Waals surface area (Å²) < 4.78 is 12.8. The van der Waals surface area contributed by atoms with Crippen LogP contribution >= 0.6 is 11.3 Å². The summed E-state index contributed by atoms with van der Waals surface area (Å²) in [6.07, 6.45) is 3.82. The number of carbonyl (C=O) groups is 2. The number of hydrogen-bond donors (Lipinski definition) is 1. The van der Waals surface area contributed by atoms with Crippen molar-refractivity contribution in [2.24, 2.45) is 7.05 Å². The van der Waals surface area contributed by atoms with Crippen molar-refractivity contribution in [3.8, 4) is 11.8 Å². The van der Waals surface area contributed by atoms with Crippen LogP contribution in [0.2, 0.25) is 0 Å². The van der Waals surface area contributed by atoms with Gasteiger partial charge in [-0.2, -0.15) is 5.26 Å².